The molecule has 1 aromatic carbocycles. The first-order valence-electron chi connectivity index (χ1n) is 6.03. The number of hydrogen-bond acceptors (Lipinski definition) is 5. The highest BCUT2D eigenvalue weighted by Crippen LogP contribution is 2.40. The van der Waals surface area contributed by atoms with Gasteiger partial charge in [0.2, 0.25) is 0 Å². The maximum atomic E-state index is 10.8. The van der Waals surface area contributed by atoms with Crippen LogP contribution in [0.1, 0.15) is 13.3 Å². The van der Waals surface area contributed by atoms with Crippen molar-refractivity contribution in [3.05, 3.63) is 31.2 Å². The van der Waals surface area contributed by atoms with Crippen molar-refractivity contribution in [2.24, 2.45) is 0 Å². The average Bonchev–Trinajstić information content (AvgIpc) is 2.38. The topological polar surface area (TPSA) is 81.8 Å². The number of nitro benzene ring substituents is 1. The van der Waals surface area contributed by atoms with Crippen molar-refractivity contribution in [3.63, 3.8) is 0 Å². The summed E-state index contributed by atoms with van der Waals surface area (Å²) in [4.78, 5) is 10.3. The Morgan fingerprint density at radius 3 is 2.50 bits per heavy atom. The quantitative estimate of drug-likeness (QED) is 0.595. The fourth-order valence-electron chi connectivity index (χ4n) is 2.00. The molecule has 0 aromatic heterocycles. The molecule has 0 bridgehead atoms. The van der Waals surface area contributed by atoms with Crippen molar-refractivity contribution >= 4 is 37.5 Å². The zero-order chi connectivity index (χ0) is 14.9. The number of halogens is 2. The van der Waals surface area contributed by atoms with Crippen LogP contribution in [0.4, 0.5) is 5.69 Å². The Bertz CT molecular complexity index is 502. The molecule has 6 nitrogen and oxygen atoms in total. The Morgan fingerprint density at radius 2 is 2.05 bits per heavy atom. The van der Waals surface area contributed by atoms with Crippen LogP contribution in [-0.4, -0.2) is 34.9 Å². The largest absolute Gasteiger partial charge is 0.485 e. The van der Waals surface area contributed by atoms with Crippen LogP contribution in [0.2, 0.25) is 0 Å². The summed E-state index contributed by atoms with van der Waals surface area (Å²) in [5.41, 5.74) is -0.0360. The lowest BCUT2D eigenvalue weighted by Crippen LogP contribution is -2.55. The zero-order valence-electron chi connectivity index (χ0n) is 10.6. The van der Waals surface area contributed by atoms with Gasteiger partial charge >= 0.3 is 0 Å². The van der Waals surface area contributed by atoms with Crippen LogP contribution in [0.5, 0.6) is 5.75 Å². The summed E-state index contributed by atoms with van der Waals surface area (Å²) in [5.74, 6) is 0.470. The fraction of sp³-hybridized carbons (Fsp3) is 0.500. The van der Waals surface area contributed by atoms with E-state index >= 15 is 0 Å². The van der Waals surface area contributed by atoms with Gasteiger partial charge in [-0.1, -0.05) is 0 Å². The summed E-state index contributed by atoms with van der Waals surface area (Å²) in [6.07, 6.45) is -0.691. The molecule has 3 unspecified atom stereocenters. The van der Waals surface area contributed by atoms with Gasteiger partial charge in [-0.2, -0.15) is 0 Å². The van der Waals surface area contributed by atoms with E-state index in [0.29, 0.717) is 27.7 Å². The Balaban J connectivity index is 2.16. The number of benzene rings is 1. The predicted octanol–water partition coefficient (Wildman–Crippen LogP) is 3.04. The van der Waals surface area contributed by atoms with Crippen molar-refractivity contribution < 1.29 is 19.5 Å². The van der Waals surface area contributed by atoms with Crippen LogP contribution >= 0.6 is 31.9 Å². The van der Waals surface area contributed by atoms with Gasteiger partial charge in [-0.05, 0) is 38.8 Å². The molecular weight excluding hydrogens is 398 g/mol. The maximum Gasteiger partial charge on any atom is 0.271 e. The minimum atomic E-state index is -0.532. The molecule has 1 aromatic rings. The van der Waals surface area contributed by atoms with Crippen LogP contribution in [0.15, 0.2) is 21.1 Å². The van der Waals surface area contributed by atoms with Crippen molar-refractivity contribution in [2.45, 2.75) is 31.7 Å². The molecule has 8 heteroatoms. The first-order chi connectivity index (χ1) is 9.43. The molecule has 1 fully saturated rings. The highest BCUT2D eigenvalue weighted by Gasteiger charge is 2.43. The van der Waals surface area contributed by atoms with E-state index in [2.05, 4.69) is 31.9 Å². The molecule has 0 amide bonds. The van der Waals surface area contributed by atoms with E-state index in [4.69, 9.17) is 9.47 Å². The van der Waals surface area contributed by atoms with E-state index in [-0.39, 0.29) is 17.9 Å². The van der Waals surface area contributed by atoms with Gasteiger partial charge in [0.1, 0.15) is 18.0 Å². The van der Waals surface area contributed by atoms with Gasteiger partial charge in [-0.3, -0.25) is 10.1 Å². The number of nitro groups is 1. The number of rotatable bonds is 5. The lowest BCUT2D eigenvalue weighted by molar-refractivity contribution is -0.385. The van der Waals surface area contributed by atoms with E-state index in [1.54, 1.807) is 0 Å². The third-order valence-electron chi connectivity index (χ3n) is 3.04. The van der Waals surface area contributed by atoms with Gasteiger partial charge in [-0.25, -0.2) is 0 Å². The fourth-order valence-corrected chi connectivity index (χ4v) is 3.35. The van der Waals surface area contributed by atoms with Crippen molar-refractivity contribution in [2.75, 3.05) is 6.61 Å². The molecule has 3 atom stereocenters. The van der Waals surface area contributed by atoms with Crippen molar-refractivity contribution in [1.82, 2.24) is 0 Å². The molecule has 0 saturated heterocycles. The van der Waals surface area contributed by atoms with Gasteiger partial charge in [-0.15, -0.1) is 0 Å². The smallest absolute Gasteiger partial charge is 0.271 e. The van der Waals surface area contributed by atoms with Crippen LogP contribution < -0.4 is 4.74 Å². The first-order valence-corrected chi connectivity index (χ1v) is 7.62. The summed E-state index contributed by atoms with van der Waals surface area (Å²) in [6, 6.07) is 2.76. The van der Waals surface area contributed by atoms with Crippen LogP contribution in [0.3, 0.4) is 0 Å². The SMILES string of the molecule is CCOC1C(O)CC1Oc1c(Br)cc([N+](=O)[O-])cc1Br. The highest BCUT2D eigenvalue weighted by atomic mass is 79.9. The van der Waals surface area contributed by atoms with Gasteiger partial charge in [0.05, 0.1) is 20.0 Å². The highest BCUT2D eigenvalue weighted by molar-refractivity contribution is 9.11. The molecule has 20 heavy (non-hydrogen) atoms. The number of aliphatic hydroxyl groups excluding tert-OH is 1. The Kier molecular flexibility index (Phi) is 5.00. The van der Waals surface area contributed by atoms with E-state index in [1.807, 2.05) is 6.92 Å². The predicted molar refractivity (Wildman–Crippen MR) is 79.0 cm³/mol. The summed E-state index contributed by atoms with van der Waals surface area (Å²) in [5, 5.41) is 20.4. The molecule has 1 N–H and O–H groups in total. The van der Waals surface area contributed by atoms with Gasteiger partial charge in [0, 0.05) is 25.2 Å². The lowest BCUT2D eigenvalue weighted by atomic mass is 9.88. The molecule has 0 heterocycles. The van der Waals surface area contributed by atoms with Gasteiger partial charge in [0.15, 0.2) is 0 Å². The van der Waals surface area contributed by atoms with Crippen LogP contribution in [0, 0.1) is 10.1 Å². The third-order valence-corrected chi connectivity index (χ3v) is 4.22. The second kappa shape index (κ2) is 6.38. The molecule has 1 aliphatic carbocycles. The van der Waals surface area contributed by atoms with Crippen LogP contribution in [0.25, 0.3) is 0 Å². The van der Waals surface area contributed by atoms with Crippen LogP contribution in [-0.2, 0) is 4.74 Å². The number of aliphatic hydroxyl groups is 1. The number of ether oxygens (including phenoxy) is 2. The zero-order valence-corrected chi connectivity index (χ0v) is 13.8. The monoisotopic (exact) mass is 409 g/mol. The number of nitrogens with zero attached hydrogens (tertiary/aromatic N) is 1. The number of non-ortho nitro benzene ring substituents is 1. The lowest BCUT2D eigenvalue weighted by Gasteiger charge is -2.40. The average molecular weight is 411 g/mol. The molecule has 2 rings (SSSR count). The molecule has 0 aliphatic heterocycles. The molecule has 0 radical (unpaired) electrons. The van der Waals surface area contributed by atoms with E-state index < -0.39 is 11.0 Å². The van der Waals surface area contributed by atoms with E-state index in [1.165, 1.54) is 12.1 Å². The van der Waals surface area contributed by atoms with Crippen molar-refractivity contribution in [1.29, 1.82) is 0 Å². The normalized spacial score (nSPS) is 25.1. The Morgan fingerprint density at radius 1 is 1.45 bits per heavy atom. The third kappa shape index (κ3) is 3.13. The summed E-state index contributed by atoms with van der Waals surface area (Å²) >= 11 is 6.52. The molecule has 1 saturated carbocycles. The molecule has 0 spiro atoms. The summed E-state index contributed by atoms with van der Waals surface area (Å²) in [6.45, 7) is 2.34. The van der Waals surface area contributed by atoms with E-state index in [9.17, 15) is 15.2 Å². The second-order valence-corrected chi connectivity index (χ2v) is 6.08. The standard InChI is InChI=1S/C12H13Br2NO5/c1-2-19-12-9(16)5-10(12)20-11-7(13)3-6(15(17)18)4-8(11)14/h3-4,9-10,12,16H,2,5H2,1H3. The second-order valence-electron chi connectivity index (χ2n) is 4.37. The minimum absolute atomic E-state index is 0.0360. The number of hydrogen-bond donors (Lipinski definition) is 1. The first kappa shape index (κ1) is 15.7. The summed E-state index contributed by atoms with van der Waals surface area (Å²) in [7, 11) is 0. The van der Waals surface area contributed by atoms with Crippen molar-refractivity contribution in [3.8, 4) is 5.75 Å². The molecule has 110 valence electrons. The van der Waals surface area contributed by atoms with Gasteiger partial charge in [0.25, 0.3) is 5.69 Å². The Labute approximate surface area is 132 Å². The Hall–Kier alpha value is -0.700. The van der Waals surface area contributed by atoms with Gasteiger partial charge < -0.3 is 14.6 Å². The molecular formula is C12H13Br2NO5. The summed E-state index contributed by atoms with van der Waals surface area (Å²) < 4.78 is 12.1. The maximum absolute atomic E-state index is 10.8. The minimum Gasteiger partial charge on any atom is -0.485 e. The molecule has 1 aliphatic rings. The van der Waals surface area contributed by atoms with E-state index in [0.717, 1.165) is 0 Å².